The SMILES string of the molecule is COc1nc(-c2ccnc(-c3cccc(Nc4nccc(CNC5CCN(C(C)=O)CC5)c4F)c3Cl)c2Cl)ccc1CN1CC2(C1)CN(C(C)=O)C2. The Morgan fingerprint density at radius 3 is 2.35 bits per heavy atom. The molecule has 3 aliphatic heterocycles. The summed E-state index contributed by atoms with van der Waals surface area (Å²) in [5.41, 5.74) is 4.39. The summed E-state index contributed by atoms with van der Waals surface area (Å²) in [7, 11) is 1.60. The summed E-state index contributed by atoms with van der Waals surface area (Å²) >= 11 is 13.9. The molecular formula is C38H41Cl2FN8O3. The van der Waals surface area contributed by atoms with Crippen molar-refractivity contribution in [2.75, 3.05) is 51.7 Å². The number of rotatable bonds is 10. The predicted octanol–water partition coefficient (Wildman–Crippen LogP) is 6.17. The van der Waals surface area contributed by atoms with Gasteiger partial charge in [0.2, 0.25) is 17.7 Å². The Labute approximate surface area is 312 Å². The van der Waals surface area contributed by atoms with Gasteiger partial charge < -0.3 is 25.2 Å². The van der Waals surface area contributed by atoms with E-state index in [0.29, 0.717) is 75.9 Å². The fraction of sp³-hybridized carbons (Fsp3) is 0.395. The molecule has 3 aromatic heterocycles. The Balaban J connectivity index is 1.04. The van der Waals surface area contributed by atoms with E-state index in [1.807, 2.05) is 28.0 Å². The molecule has 0 bridgehead atoms. The number of piperidine rings is 1. The van der Waals surface area contributed by atoms with E-state index in [1.165, 1.54) is 0 Å². The van der Waals surface area contributed by atoms with Crippen LogP contribution in [0.1, 0.15) is 37.8 Å². The van der Waals surface area contributed by atoms with Crippen LogP contribution in [0.4, 0.5) is 15.9 Å². The Morgan fingerprint density at radius 2 is 1.63 bits per heavy atom. The third-order valence-electron chi connectivity index (χ3n) is 10.3. The van der Waals surface area contributed by atoms with Gasteiger partial charge in [0.05, 0.1) is 34.2 Å². The lowest BCUT2D eigenvalue weighted by Gasteiger charge is -2.60. The molecule has 52 heavy (non-hydrogen) atoms. The minimum Gasteiger partial charge on any atom is -0.481 e. The molecule has 6 heterocycles. The maximum atomic E-state index is 15.7. The Kier molecular flexibility index (Phi) is 10.3. The van der Waals surface area contributed by atoms with Crippen LogP contribution >= 0.6 is 23.2 Å². The molecule has 3 fully saturated rings. The largest absolute Gasteiger partial charge is 0.481 e. The number of aromatic nitrogens is 3. The zero-order chi connectivity index (χ0) is 36.6. The number of ether oxygens (including phenoxy) is 1. The van der Waals surface area contributed by atoms with E-state index in [-0.39, 0.29) is 29.1 Å². The molecule has 1 aromatic carbocycles. The predicted molar refractivity (Wildman–Crippen MR) is 199 cm³/mol. The molecule has 0 unspecified atom stereocenters. The zero-order valence-corrected chi connectivity index (χ0v) is 30.9. The summed E-state index contributed by atoms with van der Waals surface area (Å²) in [4.78, 5) is 43.0. The zero-order valence-electron chi connectivity index (χ0n) is 29.4. The summed E-state index contributed by atoms with van der Waals surface area (Å²) in [6, 6.07) is 12.9. The van der Waals surface area contributed by atoms with Crippen LogP contribution in [-0.4, -0.2) is 93.9 Å². The van der Waals surface area contributed by atoms with Crippen molar-refractivity contribution in [3.05, 3.63) is 81.8 Å². The van der Waals surface area contributed by atoms with Crippen molar-refractivity contribution in [2.45, 2.75) is 45.8 Å². The number of benzene rings is 1. The van der Waals surface area contributed by atoms with Gasteiger partial charge in [-0.3, -0.25) is 19.5 Å². The van der Waals surface area contributed by atoms with E-state index in [4.69, 9.17) is 32.9 Å². The van der Waals surface area contributed by atoms with E-state index in [2.05, 4.69) is 25.5 Å². The second-order valence-electron chi connectivity index (χ2n) is 14.0. The molecule has 3 aliphatic rings. The van der Waals surface area contributed by atoms with E-state index in [0.717, 1.165) is 44.6 Å². The Bertz CT molecular complexity index is 1990. The summed E-state index contributed by atoms with van der Waals surface area (Å²) in [6.07, 6.45) is 4.84. The topological polar surface area (TPSA) is 116 Å². The van der Waals surface area contributed by atoms with Crippen LogP contribution in [0.25, 0.3) is 22.5 Å². The van der Waals surface area contributed by atoms with E-state index >= 15 is 4.39 Å². The minimum absolute atomic E-state index is 0.0491. The standard InChI is InChI=1S/C38H41Cl2FN8O3/c1-23(50)48-15-11-27(12-16-48)44-17-25-9-13-43-36(34(25)41)45-31-6-4-5-29(32(31)39)35-33(40)28(10-14-42-35)30-8-7-26(37(46-30)52-3)18-47-19-38(20-47)21-49(22-38)24(2)51/h4-10,13-14,27,44H,11-12,15-22H2,1-3H3,(H,43,45). The van der Waals surface area contributed by atoms with Crippen molar-refractivity contribution in [1.82, 2.24) is 35.0 Å². The van der Waals surface area contributed by atoms with Crippen LogP contribution in [0.15, 0.2) is 54.9 Å². The minimum atomic E-state index is -0.476. The molecule has 272 valence electrons. The maximum absolute atomic E-state index is 15.7. The first-order valence-electron chi connectivity index (χ1n) is 17.4. The Morgan fingerprint density at radius 1 is 0.904 bits per heavy atom. The molecule has 0 atom stereocenters. The van der Waals surface area contributed by atoms with Crippen LogP contribution < -0.4 is 15.4 Å². The van der Waals surface area contributed by atoms with Gasteiger partial charge in [-0.2, -0.15) is 0 Å². The van der Waals surface area contributed by atoms with Gasteiger partial charge in [0.15, 0.2) is 11.6 Å². The highest BCUT2D eigenvalue weighted by Crippen LogP contribution is 2.43. The average Bonchev–Trinajstić information content (AvgIpc) is 3.10. The van der Waals surface area contributed by atoms with Crippen molar-refractivity contribution in [3.63, 3.8) is 0 Å². The van der Waals surface area contributed by atoms with Gasteiger partial charge in [-0.1, -0.05) is 41.4 Å². The second-order valence-corrected chi connectivity index (χ2v) is 14.7. The normalized spacial score (nSPS) is 17.1. The van der Waals surface area contributed by atoms with Crippen molar-refractivity contribution >= 4 is 46.5 Å². The summed E-state index contributed by atoms with van der Waals surface area (Å²) < 4.78 is 21.4. The fourth-order valence-electron chi connectivity index (χ4n) is 7.49. The van der Waals surface area contributed by atoms with Crippen LogP contribution in [0.3, 0.4) is 0 Å². The molecule has 3 saturated heterocycles. The van der Waals surface area contributed by atoms with E-state index < -0.39 is 5.82 Å². The van der Waals surface area contributed by atoms with Crippen LogP contribution in [-0.2, 0) is 22.7 Å². The number of halogens is 3. The first-order chi connectivity index (χ1) is 25.0. The first kappa shape index (κ1) is 36.0. The summed E-state index contributed by atoms with van der Waals surface area (Å²) in [5, 5.41) is 7.16. The number of carbonyl (C=O) groups is 2. The van der Waals surface area contributed by atoms with Crippen LogP contribution in [0.2, 0.25) is 10.0 Å². The monoisotopic (exact) mass is 746 g/mol. The third kappa shape index (κ3) is 7.30. The lowest BCUT2D eigenvalue weighted by atomic mass is 9.72. The van der Waals surface area contributed by atoms with Crippen molar-refractivity contribution < 1.29 is 18.7 Å². The molecule has 1 spiro atoms. The molecule has 14 heteroatoms. The number of anilines is 2. The van der Waals surface area contributed by atoms with Crippen molar-refractivity contribution in [2.24, 2.45) is 5.41 Å². The van der Waals surface area contributed by atoms with Gasteiger partial charge in [-0.25, -0.2) is 14.4 Å². The number of hydrogen-bond donors (Lipinski definition) is 2. The fourth-order valence-corrected chi connectivity index (χ4v) is 8.06. The second kappa shape index (κ2) is 14.9. The summed E-state index contributed by atoms with van der Waals surface area (Å²) in [5.74, 6) is 0.301. The number of pyridine rings is 3. The number of methoxy groups -OCH3 is 1. The quantitative estimate of drug-likeness (QED) is 0.197. The maximum Gasteiger partial charge on any atom is 0.219 e. The van der Waals surface area contributed by atoms with Crippen molar-refractivity contribution in [3.8, 4) is 28.4 Å². The van der Waals surface area contributed by atoms with Crippen LogP contribution in [0, 0.1) is 11.2 Å². The van der Waals surface area contributed by atoms with E-state index in [1.54, 1.807) is 57.6 Å². The number of nitrogens with one attached hydrogen (secondary N) is 2. The molecule has 2 N–H and O–H groups in total. The average molecular weight is 748 g/mol. The highest BCUT2D eigenvalue weighted by molar-refractivity contribution is 6.39. The molecule has 0 saturated carbocycles. The number of likely N-dealkylation sites (tertiary alicyclic amines) is 3. The highest BCUT2D eigenvalue weighted by Gasteiger charge is 2.52. The molecule has 7 rings (SSSR count). The van der Waals surface area contributed by atoms with Gasteiger partial charge >= 0.3 is 0 Å². The number of hydrogen-bond acceptors (Lipinski definition) is 9. The Hall–Kier alpha value is -4.36. The van der Waals surface area contributed by atoms with Gasteiger partial charge in [-0.15, -0.1) is 0 Å². The smallest absolute Gasteiger partial charge is 0.219 e. The lowest BCUT2D eigenvalue weighted by Crippen LogP contribution is -2.72. The van der Waals surface area contributed by atoms with Crippen LogP contribution in [0.5, 0.6) is 5.88 Å². The van der Waals surface area contributed by atoms with Gasteiger partial charge in [0.25, 0.3) is 0 Å². The third-order valence-corrected chi connectivity index (χ3v) is 11.1. The number of amides is 2. The van der Waals surface area contributed by atoms with Crippen molar-refractivity contribution in [1.29, 1.82) is 0 Å². The first-order valence-corrected chi connectivity index (χ1v) is 18.1. The lowest BCUT2D eigenvalue weighted by molar-refractivity contribution is -0.157. The van der Waals surface area contributed by atoms with Gasteiger partial charge in [0.1, 0.15) is 0 Å². The number of carbonyl (C=O) groups excluding carboxylic acids is 2. The molecule has 2 amide bonds. The molecule has 4 aromatic rings. The van der Waals surface area contributed by atoms with Gasteiger partial charge in [-0.05, 0) is 37.1 Å². The highest BCUT2D eigenvalue weighted by atomic mass is 35.5. The molecular weight excluding hydrogens is 706 g/mol. The number of nitrogens with zero attached hydrogens (tertiary/aromatic N) is 6. The molecule has 11 nitrogen and oxygen atoms in total. The van der Waals surface area contributed by atoms with E-state index in [9.17, 15) is 9.59 Å². The summed E-state index contributed by atoms with van der Waals surface area (Å²) in [6.45, 7) is 9.12. The van der Waals surface area contributed by atoms with Gasteiger partial charge in [0, 0.05) is 112 Å². The molecule has 0 radical (unpaired) electrons. The molecule has 0 aliphatic carbocycles.